The van der Waals surface area contributed by atoms with E-state index in [2.05, 4.69) is 19.1 Å². The lowest BCUT2D eigenvalue weighted by Gasteiger charge is -2.13. The highest BCUT2D eigenvalue weighted by Gasteiger charge is 2.32. The first-order valence-corrected chi connectivity index (χ1v) is 11.3. The number of aliphatic hydroxyl groups is 2. The second kappa shape index (κ2) is 16.1. The first-order valence-electron chi connectivity index (χ1n) is 11.3. The van der Waals surface area contributed by atoms with Gasteiger partial charge in [0.05, 0.1) is 32.5 Å². The Morgan fingerprint density at radius 3 is 1.58 bits per heavy atom. The Bertz CT molecular complexity index is 802. The average molecular weight is 453 g/mol. The van der Waals surface area contributed by atoms with Crippen LogP contribution in [-0.2, 0) is 34.0 Å². The van der Waals surface area contributed by atoms with Crippen molar-refractivity contribution in [1.82, 2.24) is 0 Å². The molecule has 3 unspecified atom stereocenters. The highest BCUT2D eigenvalue weighted by atomic mass is 16.7. The van der Waals surface area contributed by atoms with E-state index in [1.54, 1.807) is 7.11 Å². The maximum Gasteiger partial charge on any atom is 0.160 e. The molecule has 0 saturated carbocycles. The molecule has 33 heavy (non-hydrogen) atoms. The predicted octanol–water partition coefficient (Wildman–Crippen LogP) is 4.96. The fraction of sp³-hybridized carbons (Fsp3) is 0.357. The van der Waals surface area contributed by atoms with E-state index in [0.29, 0.717) is 19.1 Å². The van der Waals surface area contributed by atoms with Crippen molar-refractivity contribution in [2.24, 2.45) is 5.92 Å². The first-order chi connectivity index (χ1) is 16.2. The number of aliphatic hydroxyl groups excluding tert-OH is 2. The number of hydrogen-bond acceptors (Lipinski definition) is 5. The molecular weight excluding hydrogens is 416 g/mol. The smallest absolute Gasteiger partial charge is 0.160 e. The van der Waals surface area contributed by atoms with E-state index in [9.17, 15) is 0 Å². The van der Waals surface area contributed by atoms with E-state index in [0.717, 1.165) is 17.5 Å². The van der Waals surface area contributed by atoms with Crippen molar-refractivity contribution in [2.45, 2.75) is 45.6 Å². The van der Waals surface area contributed by atoms with Gasteiger partial charge in [0.25, 0.3) is 0 Å². The predicted molar refractivity (Wildman–Crippen MR) is 130 cm³/mol. The maximum atomic E-state index is 8.54. The van der Waals surface area contributed by atoms with Crippen LogP contribution in [0.1, 0.15) is 30.0 Å². The molecule has 0 bridgehead atoms. The van der Waals surface area contributed by atoms with Crippen LogP contribution in [-0.4, -0.2) is 36.3 Å². The summed E-state index contributed by atoms with van der Waals surface area (Å²) in [4.78, 5) is 0. The molecule has 3 atom stereocenters. The Balaban J connectivity index is 0.000000200. The largest absolute Gasteiger partial charge is 0.392 e. The van der Waals surface area contributed by atoms with E-state index in [1.165, 1.54) is 5.56 Å². The second-order valence-electron chi connectivity index (χ2n) is 7.86. The minimum Gasteiger partial charge on any atom is -0.392 e. The summed E-state index contributed by atoms with van der Waals surface area (Å²) < 4.78 is 16.6. The normalized spacial score (nSPS) is 19.1. The number of ether oxygens (including phenoxy) is 3. The number of hydrogen-bond donors (Lipinski definition) is 2. The van der Waals surface area contributed by atoms with Crippen molar-refractivity contribution in [3.63, 3.8) is 0 Å². The van der Waals surface area contributed by atoms with Gasteiger partial charge < -0.3 is 24.4 Å². The molecule has 1 aliphatic heterocycles. The summed E-state index contributed by atoms with van der Waals surface area (Å²) in [5.74, 6) is 0.449. The van der Waals surface area contributed by atoms with Gasteiger partial charge in [-0.05, 0) is 23.1 Å². The topological polar surface area (TPSA) is 68.2 Å². The fourth-order valence-corrected chi connectivity index (χ4v) is 3.35. The van der Waals surface area contributed by atoms with Crippen LogP contribution in [0.4, 0.5) is 0 Å². The van der Waals surface area contributed by atoms with E-state index in [-0.39, 0.29) is 25.6 Å². The first kappa shape index (κ1) is 26.7. The van der Waals surface area contributed by atoms with Crippen LogP contribution < -0.4 is 0 Å². The molecule has 5 heteroatoms. The third-order valence-corrected chi connectivity index (χ3v) is 5.12. The highest BCUT2D eigenvalue weighted by molar-refractivity contribution is 5.14. The van der Waals surface area contributed by atoms with Crippen LogP contribution in [0.3, 0.4) is 0 Å². The molecule has 0 aliphatic carbocycles. The van der Waals surface area contributed by atoms with Crippen LogP contribution in [0, 0.1) is 5.92 Å². The molecule has 5 nitrogen and oxygen atoms in total. The van der Waals surface area contributed by atoms with Crippen molar-refractivity contribution in [3.8, 4) is 0 Å². The maximum absolute atomic E-state index is 8.54. The van der Waals surface area contributed by atoms with Gasteiger partial charge in [-0.15, -0.1) is 0 Å². The lowest BCUT2D eigenvalue weighted by molar-refractivity contribution is -0.141. The van der Waals surface area contributed by atoms with Gasteiger partial charge in [-0.2, -0.15) is 0 Å². The standard InChI is InChI=1S/C14H20O3.2C7H8O/c1-11-8-13(17-14(11)15-2)10-16-9-12-6-4-3-5-7-12;2*8-6-7-4-2-1-3-5-7/h3-7,11,13-14H,8-10H2,1-2H3;2*1-5,8H,6H2. The number of benzene rings is 3. The van der Waals surface area contributed by atoms with Gasteiger partial charge >= 0.3 is 0 Å². The molecule has 1 saturated heterocycles. The zero-order valence-corrected chi connectivity index (χ0v) is 19.5. The van der Waals surface area contributed by atoms with Crippen molar-refractivity contribution < 1.29 is 24.4 Å². The lowest BCUT2D eigenvalue weighted by Crippen LogP contribution is -2.18. The van der Waals surface area contributed by atoms with Crippen LogP contribution >= 0.6 is 0 Å². The molecule has 1 aliphatic rings. The summed E-state index contributed by atoms with van der Waals surface area (Å²) in [5.41, 5.74) is 3.13. The minimum atomic E-state index is -0.0691. The summed E-state index contributed by atoms with van der Waals surface area (Å²) in [5, 5.41) is 17.1. The summed E-state index contributed by atoms with van der Waals surface area (Å²) in [6, 6.07) is 29.2. The van der Waals surface area contributed by atoms with E-state index >= 15 is 0 Å². The minimum absolute atomic E-state index is 0.0691. The highest BCUT2D eigenvalue weighted by Crippen LogP contribution is 2.26. The van der Waals surface area contributed by atoms with Gasteiger partial charge in [0.2, 0.25) is 0 Å². The Labute approximate surface area is 197 Å². The zero-order valence-electron chi connectivity index (χ0n) is 19.5. The molecule has 4 rings (SSSR count). The van der Waals surface area contributed by atoms with Crippen LogP contribution in [0.15, 0.2) is 91.0 Å². The van der Waals surface area contributed by atoms with Gasteiger partial charge in [-0.1, -0.05) is 97.9 Å². The molecule has 2 N–H and O–H groups in total. The van der Waals surface area contributed by atoms with E-state index in [1.807, 2.05) is 78.9 Å². The average Bonchev–Trinajstić information content (AvgIpc) is 3.25. The molecular formula is C28H36O5. The molecule has 3 aromatic rings. The molecule has 0 spiro atoms. The van der Waals surface area contributed by atoms with Crippen molar-refractivity contribution >= 4 is 0 Å². The van der Waals surface area contributed by atoms with Crippen LogP contribution in [0.5, 0.6) is 0 Å². The second-order valence-corrected chi connectivity index (χ2v) is 7.86. The lowest BCUT2D eigenvalue weighted by atomic mass is 10.1. The van der Waals surface area contributed by atoms with Crippen LogP contribution in [0.25, 0.3) is 0 Å². The van der Waals surface area contributed by atoms with Crippen molar-refractivity contribution in [3.05, 3.63) is 108 Å². The Hall–Kier alpha value is -2.54. The Morgan fingerprint density at radius 1 is 0.758 bits per heavy atom. The summed E-state index contributed by atoms with van der Waals surface area (Å²) in [6.45, 7) is 3.71. The Morgan fingerprint density at radius 2 is 1.21 bits per heavy atom. The molecule has 1 heterocycles. The molecule has 0 radical (unpaired) electrons. The van der Waals surface area contributed by atoms with Gasteiger partial charge in [0, 0.05) is 13.0 Å². The van der Waals surface area contributed by atoms with Gasteiger partial charge in [-0.25, -0.2) is 0 Å². The summed E-state index contributed by atoms with van der Waals surface area (Å²) in [7, 11) is 1.69. The third kappa shape index (κ3) is 10.7. The van der Waals surface area contributed by atoms with E-state index < -0.39 is 0 Å². The van der Waals surface area contributed by atoms with Gasteiger partial charge in [0.15, 0.2) is 6.29 Å². The molecule has 1 fully saturated rings. The quantitative estimate of drug-likeness (QED) is 0.530. The summed E-state index contributed by atoms with van der Waals surface area (Å²) >= 11 is 0. The molecule has 3 aromatic carbocycles. The Kier molecular flexibility index (Phi) is 13.1. The van der Waals surface area contributed by atoms with Crippen molar-refractivity contribution in [2.75, 3.05) is 13.7 Å². The monoisotopic (exact) mass is 452 g/mol. The van der Waals surface area contributed by atoms with Gasteiger partial charge in [-0.3, -0.25) is 0 Å². The van der Waals surface area contributed by atoms with Crippen molar-refractivity contribution in [1.29, 1.82) is 0 Å². The summed E-state index contributed by atoms with van der Waals surface area (Å²) in [6.07, 6.45) is 1.10. The zero-order chi connectivity index (χ0) is 23.7. The molecule has 0 amide bonds. The van der Waals surface area contributed by atoms with Crippen LogP contribution in [0.2, 0.25) is 0 Å². The molecule has 0 aromatic heterocycles. The van der Waals surface area contributed by atoms with Gasteiger partial charge in [0.1, 0.15) is 0 Å². The molecule has 178 valence electrons. The number of rotatable bonds is 7. The fourth-order valence-electron chi connectivity index (χ4n) is 3.35. The SMILES string of the molecule is COC1OC(COCc2ccccc2)CC1C.OCc1ccccc1.OCc1ccccc1. The van der Waals surface area contributed by atoms with E-state index in [4.69, 9.17) is 24.4 Å². The third-order valence-electron chi connectivity index (χ3n) is 5.12. The number of methoxy groups -OCH3 is 1.